The van der Waals surface area contributed by atoms with Crippen LogP contribution >= 0.6 is 0 Å². The Morgan fingerprint density at radius 1 is 1.03 bits per heavy atom. The fraction of sp³-hybridized carbons (Fsp3) is 0.583. The lowest BCUT2D eigenvalue weighted by Crippen LogP contribution is -2.62. The average molecular weight is 457 g/mol. The van der Waals surface area contributed by atoms with Gasteiger partial charge in [0.05, 0.1) is 12.5 Å². The molecule has 3 fully saturated rings. The number of piperazine rings is 1. The molecule has 178 valence electrons. The second kappa shape index (κ2) is 10.2. The Morgan fingerprint density at radius 3 is 2.42 bits per heavy atom. The highest BCUT2D eigenvalue weighted by atomic mass is 16.6. The molecule has 0 spiro atoms. The third kappa shape index (κ3) is 5.12. The van der Waals surface area contributed by atoms with Crippen molar-refractivity contribution in [2.45, 2.75) is 38.6 Å². The van der Waals surface area contributed by atoms with E-state index in [-0.39, 0.29) is 41.8 Å². The molecule has 1 aromatic carbocycles. The second-order valence-electron chi connectivity index (χ2n) is 8.91. The van der Waals surface area contributed by atoms with E-state index in [2.05, 4.69) is 5.32 Å². The van der Waals surface area contributed by atoms with Gasteiger partial charge in [-0.2, -0.15) is 0 Å². The van der Waals surface area contributed by atoms with E-state index in [1.54, 1.807) is 16.7 Å². The summed E-state index contributed by atoms with van der Waals surface area (Å²) in [5, 5.41) is 2.98. The number of carbonyl (C=O) groups excluding carboxylic acids is 4. The SMILES string of the molecule is CCOC(=O)N1CCN(C(=O)C2CCC3C(=O)N(CCc4ccccc4)C(=O)NC3C2)CC1. The largest absolute Gasteiger partial charge is 0.450 e. The molecule has 4 rings (SSSR count). The van der Waals surface area contributed by atoms with Gasteiger partial charge in [-0.05, 0) is 38.2 Å². The zero-order valence-corrected chi connectivity index (χ0v) is 19.1. The maximum absolute atomic E-state index is 13.1. The van der Waals surface area contributed by atoms with E-state index in [1.807, 2.05) is 30.3 Å². The number of nitrogens with zero attached hydrogens (tertiary/aromatic N) is 3. The minimum absolute atomic E-state index is 0.0464. The van der Waals surface area contributed by atoms with Crippen LogP contribution in [0.15, 0.2) is 30.3 Å². The zero-order valence-electron chi connectivity index (χ0n) is 19.1. The third-order valence-electron chi connectivity index (χ3n) is 6.92. The molecule has 1 aliphatic carbocycles. The summed E-state index contributed by atoms with van der Waals surface area (Å²) in [5.41, 5.74) is 1.08. The van der Waals surface area contributed by atoms with Crippen molar-refractivity contribution in [2.24, 2.45) is 11.8 Å². The number of benzene rings is 1. The number of hydrogen-bond donors (Lipinski definition) is 1. The van der Waals surface area contributed by atoms with Crippen molar-refractivity contribution in [3.63, 3.8) is 0 Å². The van der Waals surface area contributed by atoms with Gasteiger partial charge >= 0.3 is 12.1 Å². The molecule has 9 heteroatoms. The van der Waals surface area contributed by atoms with Crippen LogP contribution in [0.5, 0.6) is 0 Å². The highest BCUT2D eigenvalue weighted by Crippen LogP contribution is 2.34. The molecule has 3 unspecified atom stereocenters. The normalized spacial score (nSPS) is 25.4. The summed E-state index contributed by atoms with van der Waals surface area (Å²) in [5.74, 6) is -0.577. The Balaban J connectivity index is 1.30. The minimum Gasteiger partial charge on any atom is -0.450 e. The van der Waals surface area contributed by atoms with Gasteiger partial charge in [-0.15, -0.1) is 0 Å². The maximum atomic E-state index is 13.1. The Morgan fingerprint density at radius 2 is 1.73 bits per heavy atom. The van der Waals surface area contributed by atoms with Crippen molar-refractivity contribution in [2.75, 3.05) is 39.3 Å². The van der Waals surface area contributed by atoms with Gasteiger partial charge in [0, 0.05) is 44.7 Å². The number of rotatable bonds is 5. The standard InChI is InChI=1S/C24H32N4O5/c1-2-33-24(32)27-14-12-26(13-15-27)21(29)18-8-9-19-20(16-18)25-23(31)28(22(19)30)11-10-17-6-4-3-5-7-17/h3-7,18-20H,2,8-16H2,1H3,(H,25,31). The Labute approximate surface area is 194 Å². The summed E-state index contributed by atoms with van der Waals surface area (Å²) in [4.78, 5) is 55.4. The van der Waals surface area contributed by atoms with Crippen LogP contribution in [-0.2, 0) is 20.7 Å². The van der Waals surface area contributed by atoms with Crippen LogP contribution in [-0.4, -0.2) is 84.0 Å². The first-order valence-electron chi connectivity index (χ1n) is 11.8. The van der Waals surface area contributed by atoms with E-state index < -0.39 is 0 Å². The number of nitrogens with one attached hydrogen (secondary N) is 1. The molecule has 9 nitrogen and oxygen atoms in total. The number of amides is 5. The van der Waals surface area contributed by atoms with Crippen molar-refractivity contribution in [1.82, 2.24) is 20.0 Å². The van der Waals surface area contributed by atoms with Crippen LogP contribution in [0.25, 0.3) is 0 Å². The summed E-state index contributed by atoms with van der Waals surface area (Å²) in [6, 6.07) is 9.12. The lowest BCUT2D eigenvalue weighted by atomic mass is 9.76. The van der Waals surface area contributed by atoms with Crippen molar-refractivity contribution in [3.8, 4) is 0 Å². The maximum Gasteiger partial charge on any atom is 0.409 e. The van der Waals surface area contributed by atoms with E-state index in [4.69, 9.17) is 4.74 Å². The fourth-order valence-corrected chi connectivity index (χ4v) is 5.07. The van der Waals surface area contributed by atoms with Crippen LogP contribution in [0.4, 0.5) is 9.59 Å². The summed E-state index contributed by atoms with van der Waals surface area (Å²) in [7, 11) is 0. The zero-order chi connectivity index (χ0) is 23.4. The molecule has 2 heterocycles. The van der Waals surface area contributed by atoms with Gasteiger partial charge in [0.15, 0.2) is 0 Å². The quantitative estimate of drug-likeness (QED) is 0.729. The van der Waals surface area contributed by atoms with Gasteiger partial charge in [0.2, 0.25) is 11.8 Å². The van der Waals surface area contributed by atoms with Crippen molar-refractivity contribution < 1.29 is 23.9 Å². The molecular formula is C24H32N4O5. The topological polar surface area (TPSA) is 99.3 Å². The average Bonchev–Trinajstić information content (AvgIpc) is 2.84. The van der Waals surface area contributed by atoms with Crippen LogP contribution in [0.2, 0.25) is 0 Å². The second-order valence-corrected chi connectivity index (χ2v) is 8.91. The van der Waals surface area contributed by atoms with E-state index in [0.29, 0.717) is 65.0 Å². The van der Waals surface area contributed by atoms with Gasteiger partial charge in [-0.25, -0.2) is 9.59 Å². The number of imide groups is 1. The molecule has 1 saturated carbocycles. The summed E-state index contributed by atoms with van der Waals surface area (Å²) in [6.45, 7) is 4.30. The van der Waals surface area contributed by atoms with Gasteiger partial charge < -0.3 is 19.9 Å². The van der Waals surface area contributed by atoms with E-state index in [0.717, 1.165) is 5.56 Å². The number of urea groups is 1. The lowest BCUT2D eigenvalue weighted by molar-refractivity contribution is -0.143. The highest BCUT2D eigenvalue weighted by Gasteiger charge is 2.46. The van der Waals surface area contributed by atoms with Gasteiger partial charge in [-0.1, -0.05) is 30.3 Å². The van der Waals surface area contributed by atoms with E-state index >= 15 is 0 Å². The predicted molar refractivity (Wildman–Crippen MR) is 120 cm³/mol. The Bertz CT molecular complexity index is 884. The minimum atomic E-state index is -0.367. The number of carbonyl (C=O) groups is 4. The number of fused-ring (bicyclic) bond motifs is 1. The van der Waals surface area contributed by atoms with Crippen LogP contribution in [0.3, 0.4) is 0 Å². The molecule has 0 aromatic heterocycles. The fourth-order valence-electron chi connectivity index (χ4n) is 5.07. The molecular weight excluding hydrogens is 424 g/mol. The molecule has 1 aromatic rings. The predicted octanol–water partition coefficient (Wildman–Crippen LogP) is 1.87. The molecule has 3 atom stereocenters. The lowest BCUT2D eigenvalue weighted by Gasteiger charge is -2.43. The molecule has 0 bridgehead atoms. The van der Waals surface area contributed by atoms with Crippen molar-refractivity contribution in [1.29, 1.82) is 0 Å². The molecule has 33 heavy (non-hydrogen) atoms. The summed E-state index contributed by atoms with van der Waals surface area (Å²) >= 11 is 0. The first-order valence-corrected chi connectivity index (χ1v) is 11.8. The monoisotopic (exact) mass is 456 g/mol. The molecule has 2 saturated heterocycles. The first kappa shape index (κ1) is 23.1. The first-order chi connectivity index (χ1) is 16.0. The highest BCUT2D eigenvalue weighted by molar-refractivity contribution is 5.99. The molecule has 0 radical (unpaired) electrons. The number of hydrogen-bond acceptors (Lipinski definition) is 5. The molecule has 3 aliphatic rings. The Hall–Kier alpha value is -3.10. The number of ether oxygens (including phenoxy) is 1. The molecule has 1 N–H and O–H groups in total. The van der Waals surface area contributed by atoms with Gasteiger partial charge in [0.1, 0.15) is 0 Å². The van der Waals surface area contributed by atoms with Crippen molar-refractivity contribution in [3.05, 3.63) is 35.9 Å². The van der Waals surface area contributed by atoms with Crippen LogP contribution in [0, 0.1) is 11.8 Å². The molecule has 2 aliphatic heterocycles. The smallest absolute Gasteiger partial charge is 0.409 e. The van der Waals surface area contributed by atoms with Gasteiger partial charge in [-0.3, -0.25) is 14.5 Å². The summed E-state index contributed by atoms with van der Waals surface area (Å²) < 4.78 is 5.03. The Kier molecular flexibility index (Phi) is 7.15. The molecule has 5 amide bonds. The van der Waals surface area contributed by atoms with Crippen LogP contribution < -0.4 is 5.32 Å². The van der Waals surface area contributed by atoms with Crippen LogP contribution in [0.1, 0.15) is 31.7 Å². The van der Waals surface area contributed by atoms with E-state index in [1.165, 1.54) is 4.90 Å². The van der Waals surface area contributed by atoms with Gasteiger partial charge in [0.25, 0.3) is 0 Å². The van der Waals surface area contributed by atoms with E-state index in [9.17, 15) is 19.2 Å². The summed E-state index contributed by atoms with van der Waals surface area (Å²) in [6.07, 6.45) is 1.98. The van der Waals surface area contributed by atoms with Crippen molar-refractivity contribution >= 4 is 23.9 Å². The third-order valence-corrected chi connectivity index (χ3v) is 6.92.